The Bertz CT molecular complexity index is 947. The Hall–Kier alpha value is -2.92. The summed E-state index contributed by atoms with van der Waals surface area (Å²) in [5.41, 5.74) is 1.06. The monoisotopic (exact) mass is 374 g/mol. The van der Waals surface area contributed by atoms with Crippen molar-refractivity contribution in [2.24, 2.45) is 0 Å². The summed E-state index contributed by atoms with van der Waals surface area (Å²) in [6, 6.07) is 16.3. The number of halogens is 3. The van der Waals surface area contributed by atoms with Crippen LogP contribution in [0.3, 0.4) is 0 Å². The van der Waals surface area contributed by atoms with E-state index >= 15 is 0 Å². The van der Waals surface area contributed by atoms with Crippen LogP contribution in [-0.2, 0) is 0 Å². The Balaban J connectivity index is 1.73. The van der Waals surface area contributed by atoms with Gasteiger partial charge in [-0.25, -0.2) is 0 Å². The van der Waals surface area contributed by atoms with E-state index in [2.05, 4.69) is 4.74 Å². The van der Waals surface area contributed by atoms with E-state index in [0.717, 1.165) is 5.56 Å². The number of alkyl halides is 2. The zero-order valence-electron chi connectivity index (χ0n) is 13.4. The summed E-state index contributed by atoms with van der Waals surface area (Å²) in [5, 5.41) is 0.595. The molecular formula is C20H13ClF2O3. The molecule has 3 aromatic rings. The fraction of sp³-hybridized carbons (Fsp3) is 0.0500. The third kappa shape index (κ3) is 4.58. The Morgan fingerprint density at radius 3 is 2.65 bits per heavy atom. The van der Waals surface area contributed by atoms with E-state index in [4.69, 9.17) is 16.0 Å². The summed E-state index contributed by atoms with van der Waals surface area (Å²) in [6.45, 7) is -2.94. The minimum atomic E-state index is -2.94. The molecule has 1 heterocycles. The van der Waals surface area contributed by atoms with Gasteiger partial charge in [-0.15, -0.1) is 0 Å². The third-order valence-corrected chi connectivity index (χ3v) is 3.71. The van der Waals surface area contributed by atoms with Gasteiger partial charge in [-0.3, -0.25) is 4.79 Å². The van der Waals surface area contributed by atoms with Crippen molar-refractivity contribution in [1.29, 1.82) is 0 Å². The van der Waals surface area contributed by atoms with Crippen molar-refractivity contribution < 1.29 is 22.7 Å². The van der Waals surface area contributed by atoms with Gasteiger partial charge in [-0.05, 0) is 48.6 Å². The lowest BCUT2D eigenvalue weighted by Gasteiger charge is -2.04. The Kier molecular flexibility index (Phi) is 5.49. The van der Waals surface area contributed by atoms with Crippen LogP contribution in [0.25, 0.3) is 17.4 Å². The average Bonchev–Trinajstić information content (AvgIpc) is 3.08. The van der Waals surface area contributed by atoms with Crippen LogP contribution >= 0.6 is 11.6 Å². The number of allylic oxidation sites excluding steroid dienone is 1. The molecule has 0 saturated heterocycles. The summed E-state index contributed by atoms with van der Waals surface area (Å²) >= 11 is 5.96. The molecule has 0 aliphatic heterocycles. The number of hydrogen-bond acceptors (Lipinski definition) is 3. The maximum Gasteiger partial charge on any atom is 0.387 e. The first-order valence-corrected chi connectivity index (χ1v) is 8.02. The fourth-order valence-electron chi connectivity index (χ4n) is 2.32. The van der Waals surface area contributed by atoms with Crippen molar-refractivity contribution in [3.8, 4) is 17.1 Å². The van der Waals surface area contributed by atoms with Crippen LogP contribution in [0.5, 0.6) is 5.75 Å². The van der Waals surface area contributed by atoms with Gasteiger partial charge in [0.05, 0.1) is 0 Å². The van der Waals surface area contributed by atoms with Crippen LogP contribution in [0.1, 0.15) is 16.1 Å². The van der Waals surface area contributed by atoms with Crippen molar-refractivity contribution in [3.63, 3.8) is 0 Å². The van der Waals surface area contributed by atoms with Crippen LogP contribution in [0, 0.1) is 0 Å². The molecule has 26 heavy (non-hydrogen) atoms. The predicted octanol–water partition coefficient (Wildman–Crippen LogP) is 6.10. The van der Waals surface area contributed by atoms with Crippen LogP contribution in [0.15, 0.2) is 71.2 Å². The number of ether oxygens (including phenoxy) is 1. The van der Waals surface area contributed by atoms with Crippen molar-refractivity contribution in [2.75, 3.05) is 0 Å². The number of benzene rings is 2. The van der Waals surface area contributed by atoms with Crippen LogP contribution in [0.2, 0.25) is 5.02 Å². The van der Waals surface area contributed by atoms with Gasteiger partial charge in [0.2, 0.25) is 0 Å². The number of furan rings is 1. The summed E-state index contributed by atoms with van der Waals surface area (Å²) in [6.07, 6.45) is 2.82. The second kappa shape index (κ2) is 7.97. The molecule has 3 rings (SSSR count). The Morgan fingerprint density at radius 2 is 1.88 bits per heavy atom. The molecule has 0 atom stereocenters. The van der Waals surface area contributed by atoms with Gasteiger partial charge in [-0.1, -0.05) is 35.9 Å². The van der Waals surface area contributed by atoms with E-state index in [1.165, 1.54) is 36.4 Å². The highest BCUT2D eigenvalue weighted by molar-refractivity contribution is 6.30. The zero-order chi connectivity index (χ0) is 18.5. The highest BCUT2D eigenvalue weighted by Gasteiger charge is 2.08. The molecule has 2 aromatic carbocycles. The quantitative estimate of drug-likeness (QED) is 0.386. The van der Waals surface area contributed by atoms with Crippen LogP contribution in [-0.4, -0.2) is 12.4 Å². The van der Waals surface area contributed by atoms with Gasteiger partial charge in [0.1, 0.15) is 17.3 Å². The first kappa shape index (κ1) is 17.9. The van der Waals surface area contributed by atoms with Crippen molar-refractivity contribution in [3.05, 3.63) is 83.1 Å². The van der Waals surface area contributed by atoms with E-state index in [1.54, 1.807) is 24.3 Å². The molecule has 0 N–H and O–H groups in total. The largest absolute Gasteiger partial charge is 0.457 e. The van der Waals surface area contributed by atoms with Gasteiger partial charge in [0.25, 0.3) is 0 Å². The Morgan fingerprint density at radius 1 is 1.08 bits per heavy atom. The molecule has 1 aromatic heterocycles. The van der Waals surface area contributed by atoms with Gasteiger partial charge < -0.3 is 9.15 Å². The maximum atomic E-state index is 12.2. The summed E-state index contributed by atoms with van der Waals surface area (Å²) in [7, 11) is 0. The smallest absolute Gasteiger partial charge is 0.387 e. The molecule has 132 valence electrons. The van der Waals surface area contributed by atoms with E-state index < -0.39 is 6.61 Å². The summed E-state index contributed by atoms with van der Waals surface area (Å²) in [5.74, 6) is 0.672. The van der Waals surface area contributed by atoms with Gasteiger partial charge in [-0.2, -0.15) is 8.78 Å². The van der Waals surface area contributed by atoms with E-state index in [0.29, 0.717) is 16.5 Å². The summed E-state index contributed by atoms with van der Waals surface area (Å²) in [4.78, 5) is 12.2. The highest BCUT2D eigenvalue weighted by atomic mass is 35.5. The topological polar surface area (TPSA) is 39.4 Å². The van der Waals surface area contributed by atoms with Crippen molar-refractivity contribution in [1.82, 2.24) is 0 Å². The van der Waals surface area contributed by atoms with E-state index in [1.807, 2.05) is 12.1 Å². The van der Waals surface area contributed by atoms with E-state index in [9.17, 15) is 13.6 Å². The molecule has 0 bridgehead atoms. The SMILES string of the molecule is O=C(/C=C/c1ccc(-c2cccc(Cl)c2)o1)c1cccc(OC(F)F)c1. The fourth-order valence-corrected chi connectivity index (χ4v) is 2.51. The number of carbonyl (C=O) groups is 1. The zero-order valence-corrected chi connectivity index (χ0v) is 14.1. The second-order valence-corrected chi connectivity index (χ2v) is 5.75. The van der Waals surface area contributed by atoms with Gasteiger partial charge >= 0.3 is 6.61 Å². The van der Waals surface area contributed by atoms with Gasteiger partial charge in [0.15, 0.2) is 5.78 Å². The van der Waals surface area contributed by atoms with Gasteiger partial charge in [0, 0.05) is 16.1 Å². The number of ketones is 1. The van der Waals surface area contributed by atoms with Crippen molar-refractivity contribution >= 4 is 23.5 Å². The number of rotatable bonds is 6. The molecular weight excluding hydrogens is 362 g/mol. The first-order chi connectivity index (χ1) is 12.5. The van der Waals surface area contributed by atoms with Crippen LogP contribution < -0.4 is 4.74 Å². The minimum absolute atomic E-state index is 0.0690. The second-order valence-electron chi connectivity index (χ2n) is 5.32. The highest BCUT2D eigenvalue weighted by Crippen LogP contribution is 2.25. The third-order valence-electron chi connectivity index (χ3n) is 3.48. The van der Waals surface area contributed by atoms with E-state index in [-0.39, 0.29) is 17.1 Å². The molecule has 0 fully saturated rings. The first-order valence-electron chi connectivity index (χ1n) is 7.64. The average molecular weight is 375 g/mol. The normalized spacial score (nSPS) is 11.2. The minimum Gasteiger partial charge on any atom is -0.457 e. The molecule has 0 unspecified atom stereocenters. The number of hydrogen-bond donors (Lipinski definition) is 0. The maximum absolute atomic E-state index is 12.2. The lowest BCUT2D eigenvalue weighted by molar-refractivity contribution is -0.0498. The predicted molar refractivity (Wildman–Crippen MR) is 95.6 cm³/mol. The lowest BCUT2D eigenvalue weighted by atomic mass is 10.1. The molecule has 0 saturated carbocycles. The molecule has 6 heteroatoms. The van der Waals surface area contributed by atoms with Crippen LogP contribution in [0.4, 0.5) is 8.78 Å². The lowest BCUT2D eigenvalue weighted by Crippen LogP contribution is -2.03. The molecule has 3 nitrogen and oxygen atoms in total. The molecule has 0 radical (unpaired) electrons. The Labute approximate surface area is 153 Å². The van der Waals surface area contributed by atoms with Crippen molar-refractivity contribution in [2.45, 2.75) is 6.61 Å². The summed E-state index contributed by atoms with van der Waals surface area (Å²) < 4.78 is 34.5. The standard InChI is InChI=1S/C20H13ClF2O3/c21-15-5-1-4-14(11-15)19-10-8-16(25-19)7-9-18(24)13-3-2-6-17(12-13)26-20(22)23/h1-12,20H/b9-7+. The molecule has 0 aliphatic rings. The molecule has 0 spiro atoms. The number of carbonyl (C=O) groups excluding carboxylic acids is 1. The molecule has 0 aliphatic carbocycles. The molecule has 0 amide bonds.